The Labute approximate surface area is 210 Å². The second-order valence-corrected chi connectivity index (χ2v) is 8.43. The van der Waals surface area contributed by atoms with Gasteiger partial charge in [-0.25, -0.2) is 15.0 Å². The van der Waals surface area contributed by atoms with Crippen LogP contribution in [0.25, 0.3) is 16.9 Å². The maximum atomic E-state index is 13.3. The molecule has 184 valence electrons. The summed E-state index contributed by atoms with van der Waals surface area (Å²) < 4.78 is 12.6. The van der Waals surface area contributed by atoms with Crippen LogP contribution in [0.4, 0.5) is 5.95 Å². The second-order valence-electron chi connectivity index (χ2n) is 8.43. The standard InChI is InChI=1S/C27H28N6O3/c1-35-22-8-4-20(5-9-22)24-19-33(21-6-10-23(36-2)11-7-21)25(30-24)18-26(34)31-14-16-32(17-15-31)27-28-12-3-13-29-27/h3-13,19H,14-18H2,1-2H3. The van der Waals surface area contributed by atoms with E-state index in [1.165, 1.54) is 0 Å². The van der Waals surface area contributed by atoms with E-state index in [-0.39, 0.29) is 12.3 Å². The molecule has 1 saturated heterocycles. The predicted octanol–water partition coefficient (Wildman–Crippen LogP) is 3.24. The summed E-state index contributed by atoms with van der Waals surface area (Å²) in [5.41, 5.74) is 2.66. The average molecular weight is 485 g/mol. The Morgan fingerprint density at radius 1 is 0.861 bits per heavy atom. The number of amides is 1. The normalized spacial score (nSPS) is 13.5. The van der Waals surface area contributed by atoms with E-state index < -0.39 is 0 Å². The largest absolute Gasteiger partial charge is 0.497 e. The Morgan fingerprint density at radius 2 is 1.47 bits per heavy atom. The van der Waals surface area contributed by atoms with Gasteiger partial charge in [0.15, 0.2) is 0 Å². The smallest absolute Gasteiger partial charge is 0.230 e. The lowest BCUT2D eigenvalue weighted by Crippen LogP contribution is -2.49. The summed E-state index contributed by atoms with van der Waals surface area (Å²) in [6, 6.07) is 17.3. The summed E-state index contributed by atoms with van der Waals surface area (Å²) >= 11 is 0. The number of ether oxygens (including phenoxy) is 2. The van der Waals surface area contributed by atoms with Crippen LogP contribution in [0.2, 0.25) is 0 Å². The molecular formula is C27H28N6O3. The van der Waals surface area contributed by atoms with Gasteiger partial charge in [-0.05, 0) is 54.6 Å². The lowest BCUT2D eigenvalue weighted by atomic mass is 10.1. The zero-order chi connectivity index (χ0) is 24.9. The van der Waals surface area contributed by atoms with Gasteiger partial charge in [-0.15, -0.1) is 0 Å². The van der Waals surface area contributed by atoms with Crippen LogP contribution in [0.15, 0.2) is 73.2 Å². The molecule has 36 heavy (non-hydrogen) atoms. The fraction of sp³-hybridized carbons (Fsp3) is 0.259. The number of nitrogens with zero attached hydrogens (tertiary/aromatic N) is 6. The number of benzene rings is 2. The predicted molar refractivity (Wildman–Crippen MR) is 137 cm³/mol. The van der Waals surface area contributed by atoms with E-state index in [4.69, 9.17) is 14.5 Å². The number of rotatable bonds is 7. The molecule has 0 radical (unpaired) electrons. The first kappa shape index (κ1) is 23.3. The fourth-order valence-electron chi connectivity index (χ4n) is 4.27. The number of carbonyl (C=O) groups excluding carboxylic acids is 1. The van der Waals surface area contributed by atoms with Crippen LogP contribution in [-0.4, -0.2) is 70.7 Å². The van der Waals surface area contributed by atoms with E-state index in [2.05, 4.69) is 14.9 Å². The summed E-state index contributed by atoms with van der Waals surface area (Å²) in [6.45, 7) is 2.62. The quantitative estimate of drug-likeness (QED) is 0.398. The minimum absolute atomic E-state index is 0.0465. The van der Waals surface area contributed by atoms with Crippen molar-refractivity contribution in [1.29, 1.82) is 0 Å². The number of piperazine rings is 1. The van der Waals surface area contributed by atoms with E-state index in [0.29, 0.717) is 38.0 Å². The molecule has 1 amide bonds. The summed E-state index contributed by atoms with van der Waals surface area (Å²) in [4.78, 5) is 30.8. The molecule has 0 bridgehead atoms. The lowest BCUT2D eigenvalue weighted by Gasteiger charge is -2.34. The first-order valence-corrected chi connectivity index (χ1v) is 11.8. The highest BCUT2D eigenvalue weighted by molar-refractivity contribution is 5.79. The molecule has 4 aromatic rings. The van der Waals surface area contributed by atoms with Crippen LogP contribution in [0.3, 0.4) is 0 Å². The van der Waals surface area contributed by atoms with Crippen LogP contribution in [0.1, 0.15) is 5.82 Å². The number of imidazole rings is 1. The highest BCUT2D eigenvalue weighted by atomic mass is 16.5. The SMILES string of the molecule is COc1ccc(-c2cn(-c3ccc(OC)cc3)c(CC(=O)N3CCN(c4ncccn4)CC3)n2)cc1. The summed E-state index contributed by atoms with van der Waals surface area (Å²) in [6.07, 6.45) is 5.64. The number of hydrogen-bond acceptors (Lipinski definition) is 7. The zero-order valence-electron chi connectivity index (χ0n) is 20.4. The molecule has 0 aliphatic carbocycles. The van der Waals surface area contributed by atoms with Crippen molar-refractivity contribution in [3.05, 3.63) is 79.0 Å². The summed E-state index contributed by atoms with van der Waals surface area (Å²) in [5, 5.41) is 0. The Morgan fingerprint density at radius 3 is 2.08 bits per heavy atom. The molecule has 1 aliphatic rings. The van der Waals surface area contributed by atoms with Gasteiger partial charge in [0.05, 0.1) is 26.3 Å². The Hall–Kier alpha value is -4.40. The molecule has 0 saturated carbocycles. The van der Waals surface area contributed by atoms with Gasteiger partial charge in [-0.1, -0.05) is 0 Å². The van der Waals surface area contributed by atoms with Crippen molar-refractivity contribution >= 4 is 11.9 Å². The average Bonchev–Trinajstić information content (AvgIpc) is 3.37. The van der Waals surface area contributed by atoms with Gasteiger partial charge in [-0.3, -0.25) is 4.79 Å². The highest BCUT2D eigenvalue weighted by Gasteiger charge is 2.24. The number of anilines is 1. The minimum atomic E-state index is 0.0465. The van der Waals surface area contributed by atoms with Crippen molar-refractivity contribution in [2.24, 2.45) is 0 Å². The molecule has 1 aliphatic heterocycles. The topological polar surface area (TPSA) is 85.6 Å². The van der Waals surface area contributed by atoms with Gasteiger partial charge in [0.25, 0.3) is 0 Å². The van der Waals surface area contributed by atoms with Crippen LogP contribution < -0.4 is 14.4 Å². The van der Waals surface area contributed by atoms with E-state index in [1.54, 1.807) is 32.7 Å². The zero-order valence-corrected chi connectivity index (χ0v) is 20.4. The molecule has 0 N–H and O–H groups in total. The van der Waals surface area contributed by atoms with Crippen molar-refractivity contribution in [3.8, 4) is 28.4 Å². The fourth-order valence-corrected chi connectivity index (χ4v) is 4.27. The van der Waals surface area contributed by atoms with E-state index in [1.807, 2.05) is 64.2 Å². The van der Waals surface area contributed by atoms with Crippen molar-refractivity contribution in [3.63, 3.8) is 0 Å². The van der Waals surface area contributed by atoms with E-state index in [9.17, 15) is 4.79 Å². The van der Waals surface area contributed by atoms with E-state index >= 15 is 0 Å². The van der Waals surface area contributed by atoms with Crippen LogP contribution in [-0.2, 0) is 11.2 Å². The van der Waals surface area contributed by atoms with Gasteiger partial charge in [0, 0.05) is 56.0 Å². The Kier molecular flexibility index (Phi) is 6.79. The first-order chi connectivity index (χ1) is 17.6. The molecular weight excluding hydrogens is 456 g/mol. The number of hydrogen-bond donors (Lipinski definition) is 0. The van der Waals surface area contributed by atoms with E-state index in [0.717, 1.165) is 28.4 Å². The van der Waals surface area contributed by atoms with Crippen molar-refractivity contribution < 1.29 is 14.3 Å². The molecule has 2 aromatic carbocycles. The van der Waals surface area contributed by atoms with Gasteiger partial charge in [0.1, 0.15) is 17.3 Å². The minimum Gasteiger partial charge on any atom is -0.497 e. The molecule has 1 fully saturated rings. The molecule has 9 nitrogen and oxygen atoms in total. The van der Waals surface area contributed by atoms with Crippen LogP contribution in [0.5, 0.6) is 11.5 Å². The summed E-state index contributed by atoms with van der Waals surface area (Å²) in [5.74, 6) is 2.98. The molecule has 9 heteroatoms. The first-order valence-electron chi connectivity index (χ1n) is 11.8. The van der Waals surface area contributed by atoms with Gasteiger partial charge < -0.3 is 23.8 Å². The summed E-state index contributed by atoms with van der Waals surface area (Å²) in [7, 11) is 3.28. The van der Waals surface area contributed by atoms with Crippen LogP contribution in [0, 0.1) is 0 Å². The van der Waals surface area contributed by atoms with Crippen molar-refractivity contribution in [2.45, 2.75) is 6.42 Å². The Bertz CT molecular complexity index is 1300. The van der Waals surface area contributed by atoms with Crippen molar-refractivity contribution in [2.75, 3.05) is 45.3 Å². The van der Waals surface area contributed by atoms with Gasteiger partial charge in [0.2, 0.25) is 11.9 Å². The third kappa shape index (κ3) is 5.00. The number of carbonyl (C=O) groups is 1. The molecule has 3 heterocycles. The number of methoxy groups -OCH3 is 2. The molecule has 5 rings (SSSR count). The van der Waals surface area contributed by atoms with Gasteiger partial charge in [-0.2, -0.15) is 0 Å². The lowest BCUT2D eigenvalue weighted by molar-refractivity contribution is -0.130. The van der Waals surface area contributed by atoms with Crippen LogP contribution >= 0.6 is 0 Å². The maximum Gasteiger partial charge on any atom is 0.230 e. The highest BCUT2D eigenvalue weighted by Crippen LogP contribution is 2.25. The maximum absolute atomic E-state index is 13.3. The monoisotopic (exact) mass is 484 g/mol. The second kappa shape index (κ2) is 10.5. The Balaban J connectivity index is 1.36. The van der Waals surface area contributed by atoms with Crippen molar-refractivity contribution in [1.82, 2.24) is 24.4 Å². The van der Waals surface area contributed by atoms with Gasteiger partial charge >= 0.3 is 0 Å². The molecule has 2 aromatic heterocycles. The number of aromatic nitrogens is 4. The molecule has 0 spiro atoms. The third-order valence-corrected chi connectivity index (χ3v) is 6.29. The third-order valence-electron chi connectivity index (χ3n) is 6.29. The molecule has 0 atom stereocenters. The molecule has 0 unspecified atom stereocenters.